The topological polar surface area (TPSA) is 37.3 Å². The van der Waals surface area contributed by atoms with Gasteiger partial charge >= 0.3 is 0 Å². The standard InChI is InChI=1S/C17H16Cl2O2/c1-17(2,15(20)11-6-4-3-5-7-11)16(21)13-9-8-12(18)10-14(13)19/h3-10,16,21H,1-2H3. The van der Waals surface area contributed by atoms with Crippen molar-refractivity contribution in [3.05, 3.63) is 69.7 Å². The Labute approximate surface area is 134 Å². The van der Waals surface area contributed by atoms with E-state index < -0.39 is 11.5 Å². The summed E-state index contributed by atoms with van der Waals surface area (Å²) in [6, 6.07) is 13.8. The smallest absolute Gasteiger partial charge is 0.171 e. The molecule has 0 aliphatic rings. The third-order valence-electron chi connectivity index (χ3n) is 3.56. The zero-order valence-corrected chi connectivity index (χ0v) is 13.3. The number of aliphatic hydroxyl groups is 1. The number of rotatable bonds is 4. The van der Waals surface area contributed by atoms with Gasteiger partial charge in [-0.1, -0.05) is 59.6 Å². The van der Waals surface area contributed by atoms with Crippen LogP contribution < -0.4 is 0 Å². The first-order chi connectivity index (χ1) is 9.84. The van der Waals surface area contributed by atoms with E-state index in [9.17, 15) is 9.90 Å². The first-order valence-electron chi connectivity index (χ1n) is 6.57. The molecule has 2 rings (SSSR count). The molecule has 0 saturated heterocycles. The summed E-state index contributed by atoms with van der Waals surface area (Å²) in [6.07, 6.45) is -1.02. The van der Waals surface area contributed by atoms with E-state index in [0.29, 0.717) is 21.2 Å². The lowest BCUT2D eigenvalue weighted by atomic mass is 9.76. The Bertz CT molecular complexity index is 651. The van der Waals surface area contributed by atoms with Crippen molar-refractivity contribution in [2.45, 2.75) is 20.0 Å². The second-order valence-electron chi connectivity index (χ2n) is 5.49. The van der Waals surface area contributed by atoms with Crippen LogP contribution >= 0.6 is 23.2 Å². The number of aliphatic hydroxyl groups excluding tert-OH is 1. The number of ketones is 1. The van der Waals surface area contributed by atoms with Gasteiger partial charge in [0.2, 0.25) is 0 Å². The summed E-state index contributed by atoms with van der Waals surface area (Å²) in [5.41, 5.74) is 0.0562. The highest BCUT2D eigenvalue weighted by atomic mass is 35.5. The monoisotopic (exact) mass is 322 g/mol. The molecule has 0 aliphatic carbocycles. The van der Waals surface area contributed by atoms with Gasteiger partial charge in [-0.05, 0) is 26.0 Å². The van der Waals surface area contributed by atoms with Gasteiger partial charge < -0.3 is 5.11 Å². The van der Waals surface area contributed by atoms with E-state index in [1.54, 1.807) is 56.3 Å². The van der Waals surface area contributed by atoms with Gasteiger partial charge in [0.15, 0.2) is 5.78 Å². The van der Waals surface area contributed by atoms with Gasteiger partial charge in [0.25, 0.3) is 0 Å². The molecule has 1 unspecified atom stereocenters. The highest BCUT2D eigenvalue weighted by Crippen LogP contribution is 2.39. The number of Topliss-reactive ketones (excluding diaryl/α,β-unsaturated/α-hetero) is 1. The summed E-state index contributed by atoms with van der Waals surface area (Å²) in [6.45, 7) is 3.41. The van der Waals surface area contributed by atoms with Crippen LogP contribution in [-0.4, -0.2) is 10.9 Å². The molecule has 0 fully saturated rings. The van der Waals surface area contributed by atoms with Crippen LogP contribution in [0.15, 0.2) is 48.5 Å². The lowest BCUT2D eigenvalue weighted by Crippen LogP contribution is -2.31. The zero-order chi connectivity index (χ0) is 15.6. The third-order valence-corrected chi connectivity index (χ3v) is 4.12. The first-order valence-corrected chi connectivity index (χ1v) is 7.32. The van der Waals surface area contributed by atoms with E-state index in [1.165, 1.54) is 0 Å². The van der Waals surface area contributed by atoms with E-state index in [1.807, 2.05) is 6.07 Å². The molecule has 0 aromatic heterocycles. The average molecular weight is 323 g/mol. The molecule has 0 bridgehead atoms. The summed E-state index contributed by atoms with van der Waals surface area (Å²) in [7, 11) is 0. The molecular weight excluding hydrogens is 307 g/mol. The highest BCUT2D eigenvalue weighted by molar-refractivity contribution is 6.35. The second-order valence-corrected chi connectivity index (χ2v) is 6.33. The SMILES string of the molecule is CC(C)(C(=O)c1ccccc1)C(O)c1ccc(Cl)cc1Cl. The van der Waals surface area contributed by atoms with E-state index in [0.717, 1.165) is 0 Å². The molecule has 110 valence electrons. The largest absolute Gasteiger partial charge is 0.387 e. The van der Waals surface area contributed by atoms with Crippen LogP contribution in [0.5, 0.6) is 0 Å². The minimum atomic E-state index is -1.02. The van der Waals surface area contributed by atoms with Crippen molar-refractivity contribution >= 4 is 29.0 Å². The van der Waals surface area contributed by atoms with Gasteiger partial charge in [-0.25, -0.2) is 0 Å². The summed E-state index contributed by atoms with van der Waals surface area (Å²) in [5, 5.41) is 11.4. The fourth-order valence-corrected chi connectivity index (χ4v) is 2.71. The zero-order valence-electron chi connectivity index (χ0n) is 11.8. The van der Waals surface area contributed by atoms with Crippen LogP contribution in [0.1, 0.15) is 35.9 Å². The van der Waals surface area contributed by atoms with Gasteiger partial charge in [0.05, 0.1) is 11.5 Å². The molecule has 2 aromatic rings. The number of benzene rings is 2. The molecule has 0 heterocycles. The van der Waals surface area contributed by atoms with Gasteiger partial charge in [-0.15, -0.1) is 0 Å². The maximum Gasteiger partial charge on any atom is 0.171 e. The molecule has 1 N–H and O–H groups in total. The van der Waals surface area contributed by atoms with Crippen LogP contribution in [0.4, 0.5) is 0 Å². The van der Waals surface area contributed by atoms with Crippen molar-refractivity contribution in [2.24, 2.45) is 5.41 Å². The Morgan fingerprint density at radius 2 is 1.71 bits per heavy atom. The molecule has 2 aromatic carbocycles. The predicted octanol–water partition coefficient (Wildman–Crippen LogP) is 4.94. The molecule has 2 nitrogen and oxygen atoms in total. The number of carbonyl (C=O) groups is 1. The Morgan fingerprint density at radius 3 is 2.29 bits per heavy atom. The van der Waals surface area contributed by atoms with Gasteiger partial charge in [-0.2, -0.15) is 0 Å². The van der Waals surface area contributed by atoms with Crippen LogP contribution in [0.2, 0.25) is 10.0 Å². The van der Waals surface area contributed by atoms with Gasteiger partial charge in [0, 0.05) is 21.2 Å². The number of halogens is 2. The van der Waals surface area contributed by atoms with E-state index >= 15 is 0 Å². The summed E-state index contributed by atoms with van der Waals surface area (Å²) in [4.78, 5) is 12.6. The highest BCUT2D eigenvalue weighted by Gasteiger charge is 2.38. The van der Waals surface area contributed by atoms with Crippen molar-refractivity contribution in [1.82, 2.24) is 0 Å². The first kappa shape index (κ1) is 16.0. The summed E-state index contributed by atoms with van der Waals surface area (Å²) < 4.78 is 0. The normalized spacial score (nSPS) is 13.0. The molecule has 0 aliphatic heterocycles. The van der Waals surface area contributed by atoms with Crippen molar-refractivity contribution in [3.8, 4) is 0 Å². The lowest BCUT2D eigenvalue weighted by molar-refractivity contribution is 0.0389. The van der Waals surface area contributed by atoms with Crippen LogP contribution in [0.3, 0.4) is 0 Å². The minimum absolute atomic E-state index is 0.137. The fraction of sp³-hybridized carbons (Fsp3) is 0.235. The molecule has 1 atom stereocenters. The number of hydrogen-bond donors (Lipinski definition) is 1. The third kappa shape index (κ3) is 3.29. The fourth-order valence-electron chi connectivity index (χ4n) is 2.20. The van der Waals surface area contributed by atoms with Crippen LogP contribution in [0, 0.1) is 5.41 Å². The Hall–Kier alpha value is -1.35. The molecule has 0 saturated carbocycles. The molecule has 0 spiro atoms. The Kier molecular flexibility index (Phi) is 4.72. The average Bonchev–Trinajstić information content (AvgIpc) is 2.46. The van der Waals surface area contributed by atoms with Crippen molar-refractivity contribution in [2.75, 3.05) is 0 Å². The quantitative estimate of drug-likeness (QED) is 0.810. The van der Waals surface area contributed by atoms with Gasteiger partial charge in [-0.3, -0.25) is 4.79 Å². The van der Waals surface area contributed by atoms with E-state index in [4.69, 9.17) is 23.2 Å². The van der Waals surface area contributed by atoms with Crippen LogP contribution in [-0.2, 0) is 0 Å². The molecule has 21 heavy (non-hydrogen) atoms. The number of carbonyl (C=O) groups excluding carboxylic acids is 1. The molecule has 0 amide bonds. The second kappa shape index (κ2) is 6.18. The maximum absolute atomic E-state index is 12.6. The predicted molar refractivity (Wildman–Crippen MR) is 86.0 cm³/mol. The van der Waals surface area contributed by atoms with E-state index in [-0.39, 0.29) is 5.78 Å². The lowest BCUT2D eigenvalue weighted by Gasteiger charge is -2.30. The van der Waals surface area contributed by atoms with Crippen molar-refractivity contribution in [3.63, 3.8) is 0 Å². The Morgan fingerprint density at radius 1 is 1.10 bits per heavy atom. The molecular formula is C17H16Cl2O2. The van der Waals surface area contributed by atoms with E-state index in [2.05, 4.69) is 0 Å². The summed E-state index contributed by atoms with van der Waals surface area (Å²) in [5.74, 6) is -0.137. The Balaban J connectivity index is 2.36. The van der Waals surface area contributed by atoms with Gasteiger partial charge in [0.1, 0.15) is 0 Å². The summed E-state index contributed by atoms with van der Waals surface area (Å²) >= 11 is 12.0. The minimum Gasteiger partial charge on any atom is -0.387 e. The number of hydrogen-bond acceptors (Lipinski definition) is 2. The maximum atomic E-state index is 12.6. The molecule has 4 heteroatoms. The van der Waals surface area contributed by atoms with Crippen LogP contribution in [0.25, 0.3) is 0 Å². The molecule has 0 radical (unpaired) electrons. The van der Waals surface area contributed by atoms with Crippen molar-refractivity contribution in [1.29, 1.82) is 0 Å². The van der Waals surface area contributed by atoms with Crippen molar-refractivity contribution < 1.29 is 9.90 Å².